The van der Waals surface area contributed by atoms with E-state index in [4.69, 9.17) is 10.8 Å². The van der Waals surface area contributed by atoms with Gasteiger partial charge >= 0.3 is 6.18 Å². The van der Waals surface area contributed by atoms with Crippen molar-refractivity contribution >= 4 is 0 Å². The summed E-state index contributed by atoms with van der Waals surface area (Å²) in [5.41, 5.74) is 5.84. The van der Waals surface area contributed by atoms with Gasteiger partial charge in [-0.1, -0.05) is 0 Å². The van der Waals surface area contributed by atoms with Gasteiger partial charge in [-0.2, -0.15) is 13.2 Å². The molecule has 1 aromatic heterocycles. The summed E-state index contributed by atoms with van der Waals surface area (Å²) in [6.45, 7) is -1.64. The fourth-order valence-electron chi connectivity index (χ4n) is 0.955. The largest absolute Gasteiger partial charge is 0.483 e. The average Bonchev–Trinajstić information content (AvgIpc) is 2.25. The molecule has 1 rings (SSSR count). The molecule has 1 heterocycles. The molecule has 0 radical (unpaired) electrons. The van der Waals surface area contributed by atoms with Gasteiger partial charge in [-0.15, -0.1) is 0 Å². The highest BCUT2D eigenvalue weighted by Gasteiger charge is 2.28. The highest BCUT2D eigenvalue weighted by Crippen LogP contribution is 2.18. The molecule has 3 N–H and O–H groups in total. The van der Waals surface area contributed by atoms with Crippen LogP contribution in [0.3, 0.4) is 0 Å². The summed E-state index contributed by atoms with van der Waals surface area (Å²) in [5, 5.41) is 8.72. The normalized spacial score (nSPS) is 13.6. The Labute approximate surface area is 89.9 Å². The third kappa shape index (κ3) is 4.03. The van der Waals surface area contributed by atoms with Crippen LogP contribution in [0, 0.1) is 0 Å². The first-order valence-electron chi connectivity index (χ1n) is 4.44. The number of ether oxygens (including phenoxy) is 1. The Hall–Kier alpha value is -1.34. The van der Waals surface area contributed by atoms with Gasteiger partial charge < -0.3 is 15.6 Å². The Kier molecular flexibility index (Phi) is 4.08. The highest BCUT2D eigenvalue weighted by molar-refractivity contribution is 5.21. The van der Waals surface area contributed by atoms with E-state index in [9.17, 15) is 13.2 Å². The molecular weight excluding hydrogens is 225 g/mol. The number of pyridine rings is 1. The van der Waals surface area contributed by atoms with Gasteiger partial charge in [-0.25, -0.2) is 0 Å². The molecule has 0 aliphatic carbocycles. The molecule has 0 spiro atoms. The first-order chi connectivity index (χ1) is 7.42. The first kappa shape index (κ1) is 12.7. The Morgan fingerprint density at radius 2 is 2.12 bits per heavy atom. The van der Waals surface area contributed by atoms with Crippen molar-refractivity contribution in [3.8, 4) is 5.75 Å². The molecule has 16 heavy (non-hydrogen) atoms. The Morgan fingerprint density at radius 1 is 1.44 bits per heavy atom. The van der Waals surface area contributed by atoms with Gasteiger partial charge in [-0.05, 0) is 12.1 Å². The van der Waals surface area contributed by atoms with Gasteiger partial charge in [0.25, 0.3) is 0 Å². The minimum absolute atomic E-state index is 0.00575. The highest BCUT2D eigenvalue weighted by atomic mass is 19.4. The minimum atomic E-state index is -4.37. The molecule has 90 valence electrons. The quantitative estimate of drug-likeness (QED) is 0.818. The smallest absolute Gasteiger partial charge is 0.422 e. The second-order valence-electron chi connectivity index (χ2n) is 3.11. The molecule has 0 fully saturated rings. The van der Waals surface area contributed by atoms with Crippen LogP contribution in [0.15, 0.2) is 18.3 Å². The van der Waals surface area contributed by atoms with Crippen LogP contribution in [-0.4, -0.2) is 29.5 Å². The number of nitrogens with zero attached hydrogens (tertiary/aromatic N) is 1. The fourth-order valence-corrected chi connectivity index (χ4v) is 0.955. The van der Waals surface area contributed by atoms with E-state index >= 15 is 0 Å². The maximum absolute atomic E-state index is 11.8. The topological polar surface area (TPSA) is 68.4 Å². The number of aromatic nitrogens is 1. The lowest BCUT2D eigenvalue weighted by molar-refractivity contribution is -0.153. The molecule has 1 atom stereocenters. The molecule has 0 aromatic carbocycles. The lowest BCUT2D eigenvalue weighted by Gasteiger charge is -2.10. The number of hydrogen-bond donors (Lipinski definition) is 2. The third-order valence-electron chi connectivity index (χ3n) is 1.74. The van der Waals surface area contributed by atoms with E-state index in [0.29, 0.717) is 5.69 Å². The second-order valence-corrected chi connectivity index (χ2v) is 3.11. The number of alkyl halides is 3. The van der Waals surface area contributed by atoms with Crippen molar-refractivity contribution in [2.24, 2.45) is 5.73 Å². The van der Waals surface area contributed by atoms with Crippen LogP contribution in [0.4, 0.5) is 13.2 Å². The van der Waals surface area contributed by atoms with E-state index in [2.05, 4.69) is 9.72 Å². The van der Waals surface area contributed by atoms with Gasteiger partial charge in [0, 0.05) is 0 Å². The van der Waals surface area contributed by atoms with Crippen molar-refractivity contribution in [2.45, 2.75) is 12.2 Å². The van der Waals surface area contributed by atoms with Crippen LogP contribution < -0.4 is 10.5 Å². The fraction of sp³-hybridized carbons (Fsp3) is 0.444. The average molecular weight is 236 g/mol. The van der Waals surface area contributed by atoms with E-state index < -0.39 is 18.8 Å². The van der Waals surface area contributed by atoms with Crippen LogP contribution in [0.2, 0.25) is 0 Å². The zero-order chi connectivity index (χ0) is 12.2. The van der Waals surface area contributed by atoms with E-state index in [1.807, 2.05) is 0 Å². The zero-order valence-electron chi connectivity index (χ0n) is 8.24. The molecule has 0 saturated heterocycles. The number of aliphatic hydroxyl groups is 1. The van der Waals surface area contributed by atoms with Crippen LogP contribution in [0.1, 0.15) is 11.7 Å². The van der Waals surface area contributed by atoms with Gasteiger partial charge in [-0.3, -0.25) is 4.98 Å². The Bertz CT molecular complexity index is 327. The molecule has 1 aromatic rings. The first-order valence-corrected chi connectivity index (χ1v) is 4.44. The Balaban J connectivity index is 2.58. The molecule has 0 saturated carbocycles. The Morgan fingerprint density at radius 3 is 2.56 bits per heavy atom. The standard InChI is InChI=1S/C9H11F3N2O2/c10-9(11,12)5-16-6-1-2-8(14-3-6)7(13)4-15/h1-3,7,15H,4-5,13H2/t7-/m1/s1. The van der Waals surface area contributed by atoms with Crippen LogP contribution in [0.25, 0.3) is 0 Å². The number of nitrogens with two attached hydrogens (primary N) is 1. The number of aliphatic hydroxyl groups excluding tert-OH is 1. The molecular formula is C9H11F3N2O2. The van der Waals surface area contributed by atoms with Gasteiger partial charge in [0.2, 0.25) is 0 Å². The monoisotopic (exact) mass is 236 g/mol. The summed E-state index contributed by atoms with van der Waals surface area (Å²) >= 11 is 0. The van der Waals surface area contributed by atoms with E-state index in [-0.39, 0.29) is 12.4 Å². The molecule has 0 unspecified atom stereocenters. The minimum Gasteiger partial charge on any atom is -0.483 e. The lowest BCUT2D eigenvalue weighted by Crippen LogP contribution is -2.19. The molecule has 0 bridgehead atoms. The van der Waals surface area contributed by atoms with Crippen molar-refractivity contribution in [3.63, 3.8) is 0 Å². The molecule has 7 heteroatoms. The third-order valence-corrected chi connectivity index (χ3v) is 1.74. The maximum atomic E-state index is 11.8. The van der Waals surface area contributed by atoms with Crippen molar-refractivity contribution in [3.05, 3.63) is 24.0 Å². The van der Waals surface area contributed by atoms with Crippen LogP contribution in [0.5, 0.6) is 5.75 Å². The maximum Gasteiger partial charge on any atom is 0.422 e. The van der Waals surface area contributed by atoms with Crippen molar-refractivity contribution < 1.29 is 23.0 Å². The second kappa shape index (κ2) is 5.13. The molecule has 0 amide bonds. The summed E-state index contributed by atoms with van der Waals surface area (Å²) < 4.78 is 39.9. The van der Waals surface area contributed by atoms with Gasteiger partial charge in [0.15, 0.2) is 6.61 Å². The molecule has 0 aliphatic heterocycles. The summed E-state index contributed by atoms with van der Waals surface area (Å²) in [5.74, 6) is 0.00575. The molecule has 4 nitrogen and oxygen atoms in total. The molecule has 0 aliphatic rings. The van der Waals surface area contributed by atoms with Crippen LogP contribution in [-0.2, 0) is 0 Å². The predicted octanol–water partition coefficient (Wildman–Crippen LogP) is 1.01. The number of hydrogen-bond acceptors (Lipinski definition) is 4. The number of halogens is 3. The van der Waals surface area contributed by atoms with E-state index in [0.717, 1.165) is 6.20 Å². The SMILES string of the molecule is N[C@H](CO)c1ccc(OCC(F)(F)F)cn1. The summed E-state index contributed by atoms with van der Waals surface area (Å²) in [6, 6.07) is 2.09. The van der Waals surface area contributed by atoms with Gasteiger partial charge in [0.05, 0.1) is 24.5 Å². The van der Waals surface area contributed by atoms with Crippen molar-refractivity contribution in [2.75, 3.05) is 13.2 Å². The van der Waals surface area contributed by atoms with Crippen LogP contribution >= 0.6 is 0 Å². The van der Waals surface area contributed by atoms with Crippen molar-refractivity contribution in [1.29, 1.82) is 0 Å². The summed E-state index contributed by atoms with van der Waals surface area (Å²) in [7, 11) is 0. The number of rotatable bonds is 4. The van der Waals surface area contributed by atoms with E-state index in [1.165, 1.54) is 12.1 Å². The van der Waals surface area contributed by atoms with E-state index in [1.54, 1.807) is 0 Å². The lowest BCUT2D eigenvalue weighted by atomic mass is 10.2. The zero-order valence-corrected chi connectivity index (χ0v) is 8.24. The summed E-state index contributed by atoms with van der Waals surface area (Å²) in [6.07, 6.45) is -3.24. The summed E-state index contributed by atoms with van der Waals surface area (Å²) in [4.78, 5) is 3.77. The van der Waals surface area contributed by atoms with Crippen molar-refractivity contribution in [1.82, 2.24) is 4.98 Å². The predicted molar refractivity (Wildman–Crippen MR) is 49.8 cm³/mol. The van der Waals surface area contributed by atoms with Gasteiger partial charge in [0.1, 0.15) is 5.75 Å².